The van der Waals surface area contributed by atoms with Gasteiger partial charge >= 0.3 is 0 Å². The van der Waals surface area contributed by atoms with Crippen molar-refractivity contribution in [2.24, 2.45) is 5.73 Å². The molecule has 0 atom stereocenters. The van der Waals surface area contributed by atoms with Crippen LogP contribution in [0.3, 0.4) is 0 Å². The Hall–Kier alpha value is -1.44. The zero-order valence-corrected chi connectivity index (χ0v) is 13.8. The predicted octanol–water partition coefficient (Wildman–Crippen LogP) is 2.29. The molecule has 1 aliphatic carbocycles. The maximum Gasteiger partial charge on any atom is 0.257 e. The number of nitrogens with zero attached hydrogens (tertiary/aromatic N) is 2. The smallest absolute Gasteiger partial charge is 0.257 e. The van der Waals surface area contributed by atoms with Gasteiger partial charge in [0.15, 0.2) is 15.7 Å². The van der Waals surface area contributed by atoms with Crippen LogP contribution in [0.25, 0.3) is 11.5 Å². The number of rotatable bonds is 3. The molecular weight excluding hydrogens is 326 g/mol. The van der Waals surface area contributed by atoms with Crippen LogP contribution in [0.2, 0.25) is 0 Å². The van der Waals surface area contributed by atoms with Gasteiger partial charge < -0.3 is 10.3 Å². The highest BCUT2D eigenvalue weighted by molar-refractivity contribution is 7.90. The Morgan fingerprint density at radius 1 is 1.18 bits per heavy atom. The minimum Gasteiger partial charge on any atom is -0.334 e. The van der Waals surface area contributed by atoms with Crippen molar-refractivity contribution in [1.29, 1.82) is 0 Å². The molecule has 0 bridgehead atoms. The van der Waals surface area contributed by atoms with Gasteiger partial charge in [0.2, 0.25) is 0 Å². The minimum atomic E-state index is -3.21. The lowest BCUT2D eigenvalue weighted by molar-refractivity contribution is 0.372. The van der Waals surface area contributed by atoms with Crippen LogP contribution in [0.15, 0.2) is 33.7 Å². The molecule has 0 unspecified atom stereocenters. The van der Waals surface area contributed by atoms with Crippen molar-refractivity contribution in [3.63, 3.8) is 0 Å². The van der Waals surface area contributed by atoms with Crippen LogP contribution in [0.5, 0.6) is 0 Å². The Morgan fingerprint density at radius 3 is 2.32 bits per heavy atom. The molecule has 1 saturated carbocycles. The minimum absolute atomic E-state index is 0. The van der Waals surface area contributed by atoms with Crippen LogP contribution < -0.4 is 5.73 Å². The van der Waals surface area contributed by atoms with E-state index in [0.29, 0.717) is 17.3 Å². The summed E-state index contributed by atoms with van der Waals surface area (Å²) in [6, 6.07) is 6.38. The molecule has 0 amide bonds. The summed E-state index contributed by atoms with van der Waals surface area (Å²) in [5.41, 5.74) is 6.48. The van der Waals surface area contributed by atoms with Gasteiger partial charge in [0.25, 0.3) is 5.89 Å². The zero-order valence-electron chi connectivity index (χ0n) is 12.2. The van der Waals surface area contributed by atoms with Crippen molar-refractivity contribution in [3.05, 3.63) is 30.1 Å². The summed E-state index contributed by atoms with van der Waals surface area (Å²) < 4.78 is 28.1. The van der Waals surface area contributed by atoms with Gasteiger partial charge in [-0.25, -0.2) is 8.42 Å². The lowest BCUT2D eigenvalue weighted by atomic mass is 9.99. The second-order valence-electron chi connectivity index (χ2n) is 5.58. The molecule has 8 heteroatoms. The van der Waals surface area contributed by atoms with Crippen LogP contribution in [0.4, 0.5) is 0 Å². The molecule has 1 aromatic heterocycles. The van der Waals surface area contributed by atoms with Crippen LogP contribution in [0.1, 0.15) is 31.5 Å². The van der Waals surface area contributed by atoms with E-state index < -0.39 is 15.4 Å². The van der Waals surface area contributed by atoms with Crippen LogP contribution in [-0.2, 0) is 15.4 Å². The molecular formula is C14H18ClN3O3S. The fourth-order valence-electron chi connectivity index (χ4n) is 2.62. The first-order valence-electron chi connectivity index (χ1n) is 6.82. The molecule has 1 heterocycles. The van der Waals surface area contributed by atoms with Gasteiger partial charge in [-0.3, -0.25) is 0 Å². The van der Waals surface area contributed by atoms with Gasteiger partial charge in [0.1, 0.15) is 0 Å². The van der Waals surface area contributed by atoms with E-state index >= 15 is 0 Å². The molecule has 0 spiro atoms. The molecule has 120 valence electrons. The summed E-state index contributed by atoms with van der Waals surface area (Å²) >= 11 is 0. The third-order valence-corrected chi connectivity index (χ3v) is 5.03. The number of aromatic nitrogens is 2. The van der Waals surface area contributed by atoms with Gasteiger partial charge in [-0.2, -0.15) is 4.98 Å². The van der Waals surface area contributed by atoms with Crippen molar-refractivity contribution < 1.29 is 12.9 Å². The standard InChI is InChI=1S/C14H17N3O3S.ClH/c1-21(18,19)11-6-4-10(5-7-11)12-16-13(17-20-12)14(15)8-2-3-9-14;/h4-7H,2-3,8-9,15H2,1H3;1H. The Kier molecular flexibility index (Phi) is 4.60. The number of hydrogen-bond donors (Lipinski definition) is 1. The molecule has 1 fully saturated rings. The fourth-order valence-corrected chi connectivity index (χ4v) is 3.25. The van der Waals surface area contributed by atoms with E-state index in [2.05, 4.69) is 10.1 Å². The number of hydrogen-bond acceptors (Lipinski definition) is 6. The van der Waals surface area contributed by atoms with E-state index in [9.17, 15) is 8.42 Å². The third-order valence-electron chi connectivity index (χ3n) is 3.90. The van der Waals surface area contributed by atoms with Gasteiger partial charge in [0, 0.05) is 11.8 Å². The van der Waals surface area contributed by atoms with Gasteiger partial charge in [-0.05, 0) is 37.1 Å². The van der Waals surface area contributed by atoms with Gasteiger partial charge in [-0.1, -0.05) is 18.0 Å². The summed E-state index contributed by atoms with van der Waals surface area (Å²) in [5.74, 6) is 0.893. The van der Waals surface area contributed by atoms with E-state index in [1.165, 1.54) is 18.4 Å². The zero-order chi connectivity index (χ0) is 15.1. The van der Waals surface area contributed by atoms with Crippen molar-refractivity contribution in [2.75, 3.05) is 6.26 Å². The largest absolute Gasteiger partial charge is 0.334 e. The monoisotopic (exact) mass is 343 g/mol. The summed E-state index contributed by atoms with van der Waals surface area (Å²) in [6.45, 7) is 0. The Labute approximate surface area is 135 Å². The average Bonchev–Trinajstić information content (AvgIpc) is 3.07. The average molecular weight is 344 g/mol. The third kappa shape index (κ3) is 3.16. The molecule has 6 nitrogen and oxygen atoms in total. The quantitative estimate of drug-likeness (QED) is 0.917. The molecule has 1 aromatic carbocycles. The summed E-state index contributed by atoms with van der Waals surface area (Å²) in [5, 5.41) is 3.99. The van der Waals surface area contributed by atoms with E-state index in [0.717, 1.165) is 25.7 Å². The number of halogens is 1. The van der Waals surface area contributed by atoms with Crippen molar-refractivity contribution in [1.82, 2.24) is 10.1 Å². The van der Waals surface area contributed by atoms with Crippen LogP contribution >= 0.6 is 12.4 Å². The normalized spacial score (nSPS) is 17.2. The number of sulfone groups is 1. The van der Waals surface area contributed by atoms with E-state index in [1.807, 2.05) is 0 Å². The van der Waals surface area contributed by atoms with Crippen LogP contribution in [0, 0.1) is 0 Å². The molecule has 0 aliphatic heterocycles. The Morgan fingerprint density at radius 2 is 1.77 bits per heavy atom. The first kappa shape index (κ1) is 16.9. The number of benzene rings is 1. The summed E-state index contributed by atoms with van der Waals surface area (Å²) in [4.78, 5) is 4.64. The molecule has 3 rings (SSSR count). The first-order valence-corrected chi connectivity index (χ1v) is 8.71. The molecule has 22 heavy (non-hydrogen) atoms. The Bertz CT molecular complexity index is 750. The van der Waals surface area contributed by atoms with Crippen molar-refractivity contribution in [2.45, 2.75) is 36.1 Å². The highest BCUT2D eigenvalue weighted by Gasteiger charge is 2.36. The molecule has 2 aromatic rings. The first-order chi connectivity index (χ1) is 9.88. The number of nitrogens with two attached hydrogens (primary N) is 1. The maximum atomic E-state index is 11.4. The second kappa shape index (κ2) is 5.98. The van der Waals surface area contributed by atoms with Crippen LogP contribution in [-0.4, -0.2) is 24.8 Å². The Balaban J connectivity index is 0.00000176. The maximum absolute atomic E-state index is 11.4. The fraction of sp³-hybridized carbons (Fsp3) is 0.429. The predicted molar refractivity (Wildman–Crippen MR) is 84.4 cm³/mol. The van der Waals surface area contributed by atoms with E-state index in [4.69, 9.17) is 10.3 Å². The van der Waals surface area contributed by atoms with Gasteiger partial charge in [0.05, 0.1) is 10.4 Å². The SMILES string of the molecule is CS(=O)(=O)c1ccc(-c2nc(C3(N)CCCC3)no2)cc1.Cl. The molecule has 0 radical (unpaired) electrons. The van der Waals surface area contributed by atoms with Crippen molar-refractivity contribution >= 4 is 22.2 Å². The molecule has 1 aliphatic rings. The topological polar surface area (TPSA) is 99.1 Å². The lowest BCUT2D eigenvalue weighted by Gasteiger charge is -2.17. The highest BCUT2D eigenvalue weighted by Crippen LogP contribution is 2.35. The molecule has 0 saturated heterocycles. The lowest BCUT2D eigenvalue weighted by Crippen LogP contribution is -2.34. The van der Waals surface area contributed by atoms with E-state index in [-0.39, 0.29) is 17.3 Å². The summed E-state index contributed by atoms with van der Waals surface area (Å²) in [7, 11) is -3.21. The second-order valence-corrected chi connectivity index (χ2v) is 7.60. The summed E-state index contributed by atoms with van der Waals surface area (Å²) in [6.07, 6.45) is 5.04. The van der Waals surface area contributed by atoms with Crippen molar-refractivity contribution in [3.8, 4) is 11.5 Å². The highest BCUT2D eigenvalue weighted by atomic mass is 35.5. The van der Waals surface area contributed by atoms with Gasteiger partial charge in [-0.15, -0.1) is 12.4 Å². The van der Waals surface area contributed by atoms with E-state index in [1.54, 1.807) is 12.1 Å². The molecule has 2 N–H and O–H groups in total.